The third-order valence-corrected chi connectivity index (χ3v) is 6.56. The minimum atomic E-state index is -1.12. The molecule has 32 heavy (non-hydrogen) atoms. The predicted molar refractivity (Wildman–Crippen MR) is 120 cm³/mol. The van der Waals surface area contributed by atoms with Crippen molar-refractivity contribution in [1.82, 2.24) is 10.6 Å². The average Bonchev–Trinajstić information content (AvgIpc) is 3.63. The number of amides is 2. The first kappa shape index (κ1) is 22.4. The highest BCUT2D eigenvalue weighted by Gasteiger charge is 2.36. The molecule has 2 aliphatic rings. The van der Waals surface area contributed by atoms with Gasteiger partial charge >= 0.3 is 0 Å². The van der Waals surface area contributed by atoms with Gasteiger partial charge in [0.05, 0.1) is 11.5 Å². The SMILES string of the molecule is Cc1c(CNC(=O)C2CCCNC2)ccc(N(C(=O)c2cccc(F)c2F)C2CC2)c1C. The fourth-order valence-electron chi connectivity index (χ4n) is 4.32. The summed E-state index contributed by atoms with van der Waals surface area (Å²) in [5, 5.41) is 6.29. The van der Waals surface area contributed by atoms with Crippen LogP contribution in [0.15, 0.2) is 30.3 Å². The summed E-state index contributed by atoms with van der Waals surface area (Å²) in [6.45, 7) is 5.96. The van der Waals surface area contributed by atoms with Crippen molar-refractivity contribution >= 4 is 17.5 Å². The van der Waals surface area contributed by atoms with Gasteiger partial charge in [-0.15, -0.1) is 0 Å². The number of carbonyl (C=O) groups excluding carboxylic acids is 2. The Bertz CT molecular complexity index is 1030. The molecule has 2 aromatic rings. The number of nitrogens with one attached hydrogen (secondary N) is 2. The van der Waals surface area contributed by atoms with Crippen molar-refractivity contribution in [3.05, 3.63) is 64.2 Å². The normalized spacial score (nSPS) is 18.3. The minimum Gasteiger partial charge on any atom is -0.352 e. The quantitative estimate of drug-likeness (QED) is 0.712. The van der Waals surface area contributed by atoms with Crippen LogP contribution in [0, 0.1) is 31.4 Å². The molecule has 0 radical (unpaired) electrons. The molecule has 170 valence electrons. The molecule has 7 heteroatoms. The van der Waals surface area contributed by atoms with E-state index in [2.05, 4.69) is 10.6 Å². The number of anilines is 1. The number of hydrogen-bond donors (Lipinski definition) is 2. The van der Waals surface area contributed by atoms with Crippen molar-refractivity contribution < 1.29 is 18.4 Å². The summed E-state index contributed by atoms with van der Waals surface area (Å²) in [5.41, 5.74) is 3.29. The number of benzene rings is 2. The van der Waals surface area contributed by atoms with E-state index in [0.717, 1.165) is 55.0 Å². The second-order valence-electron chi connectivity index (χ2n) is 8.76. The van der Waals surface area contributed by atoms with Gasteiger partial charge in [0, 0.05) is 24.8 Å². The molecule has 0 spiro atoms. The molecule has 1 atom stereocenters. The van der Waals surface area contributed by atoms with Gasteiger partial charge in [0.1, 0.15) is 0 Å². The molecule has 1 unspecified atom stereocenters. The Hall–Kier alpha value is -2.80. The van der Waals surface area contributed by atoms with E-state index in [9.17, 15) is 18.4 Å². The van der Waals surface area contributed by atoms with Gasteiger partial charge in [-0.25, -0.2) is 8.78 Å². The molecule has 2 N–H and O–H groups in total. The average molecular weight is 442 g/mol. The number of piperidine rings is 1. The fraction of sp³-hybridized carbons (Fsp3) is 0.440. The van der Waals surface area contributed by atoms with Gasteiger partial charge in [0.15, 0.2) is 11.6 Å². The molecule has 1 aliphatic heterocycles. The summed E-state index contributed by atoms with van der Waals surface area (Å²) >= 11 is 0. The van der Waals surface area contributed by atoms with Gasteiger partial charge in [-0.2, -0.15) is 0 Å². The summed E-state index contributed by atoms with van der Waals surface area (Å²) < 4.78 is 28.0. The van der Waals surface area contributed by atoms with Crippen LogP contribution in [0.2, 0.25) is 0 Å². The summed E-state index contributed by atoms with van der Waals surface area (Å²) in [6.07, 6.45) is 3.55. The molecule has 1 heterocycles. The maximum atomic E-state index is 14.3. The number of halogens is 2. The predicted octanol–water partition coefficient (Wildman–Crippen LogP) is 4.01. The van der Waals surface area contributed by atoms with Gasteiger partial charge in [-0.05, 0) is 81.0 Å². The van der Waals surface area contributed by atoms with Crippen molar-refractivity contribution in [2.75, 3.05) is 18.0 Å². The molecule has 2 amide bonds. The lowest BCUT2D eigenvalue weighted by Gasteiger charge is -2.27. The van der Waals surface area contributed by atoms with Crippen molar-refractivity contribution in [3.63, 3.8) is 0 Å². The maximum Gasteiger partial charge on any atom is 0.261 e. The van der Waals surface area contributed by atoms with Crippen molar-refractivity contribution in [1.29, 1.82) is 0 Å². The molecule has 0 bridgehead atoms. The Morgan fingerprint density at radius 3 is 2.56 bits per heavy atom. The van der Waals surface area contributed by atoms with Crippen LogP contribution in [0.3, 0.4) is 0 Å². The van der Waals surface area contributed by atoms with Gasteiger partial charge in [-0.3, -0.25) is 9.59 Å². The van der Waals surface area contributed by atoms with E-state index in [4.69, 9.17) is 0 Å². The monoisotopic (exact) mass is 441 g/mol. The second kappa shape index (κ2) is 9.36. The summed E-state index contributed by atoms with van der Waals surface area (Å²) in [7, 11) is 0. The number of rotatable bonds is 6. The van der Waals surface area contributed by atoms with E-state index in [1.165, 1.54) is 12.1 Å². The lowest BCUT2D eigenvalue weighted by atomic mass is 9.97. The van der Waals surface area contributed by atoms with Gasteiger partial charge in [0.25, 0.3) is 5.91 Å². The lowest BCUT2D eigenvalue weighted by molar-refractivity contribution is -0.125. The summed E-state index contributed by atoms with van der Waals surface area (Å²) in [5.74, 6) is -2.63. The van der Waals surface area contributed by atoms with Gasteiger partial charge < -0.3 is 15.5 Å². The fourth-order valence-corrected chi connectivity index (χ4v) is 4.32. The lowest BCUT2D eigenvalue weighted by Crippen LogP contribution is -2.40. The highest BCUT2D eigenvalue weighted by atomic mass is 19.2. The summed E-state index contributed by atoms with van der Waals surface area (Å²) in [4.78, 5) is 27.3. The molecule has 1 aliphatic carbocycles. The Kier molecular flexibility index (Phi) is 6.55. The molecule has 0 aromatic heterocycles. The van der Waals surface area contributed by atoms with Crippen LogP contribution in [0.1, 0.15) is 52.7 Å². The van der Waals surface area contributed by atoms with E-state index < -0.39 is 17.5 Å². The van der Waals surface area contributed by atoms with E-state index >= 15 is 0 Å². The number of carbonyl (C=O) groups is 2. The highest BCUT2D eigenvalue weighted by molar-refractivity contribution is 6.07. The Morgan fingerprint density at radius 2 is 1.88 bits per heavy atom. The van der Waals surface area contributed by atoms with Crippen LogP contribution < -0.4 is 15.5 Å². The highest BCUT2D eigenvalue weighted by Crippen LogP contribution is 2.37. The smallest absolute Gasteiger partial charge is 0.261 e. The Morgan fingerprint density at radius 1 is 1.09 bits per heavy atom. The topological polar surface area (TPSA) is 61.4 Å². The van der Waals surface area contributed by atoms with E-state index in [-0.39, 0.29) is 23.4 Å². The van der Waals surface area contributed by atoms with E-state index in [1.807, 2.05) is 26.0 Å². The van der Waals surface area contributed by atoms with Gasteiger partial charge in [-0.1, -0.05) is 12.1 Å². The van der Waals surface area contributed by atoms with Crippen molar-refractivity contribution in [3.8, 4) is 0 Å². The number of hydrogen-bond acceptors (Lipinski definition) is 3. The van der Waals surface area contributed by atoms with Crippen molar-refractivity contribution in [2.45, 2.75) is 52.1 Å². The molecule has 2 fully saturated rings. The van der Waals surface area contributed by atoms with E-state index in [1.54, 1.807) is 4.90 Å². The van der Waals surface area contributed by atoms with E-state index in [0.29, 0.717) is 18.8 Å². The molecule has 1 saturated heterocycles. The molecule has 2 aromatic carbocycles. The molecule has 1 saturated carbocycles. The third kappa shape index (κ3) is 4.53. The Balaban J connectivity index is 1.55. The van der Waals surface area contributed by atoms with Crippen LogP contribution >= 0.6 is 0 Å². The van der Waals surface area contributed by atoms with Gasteiger partial charge in [0.2, 0.25) is 5.91 Å². The summed E-state index contributed by atoms with van der Waals surface area (Å²) in [6, 6.07) is 7.41. The van der Waals surface area contributed by atoms with Crippen LogP contribution in [0.4, 0.5) is 14.5 Å². The molecule has 4 rings (SSSR count). The molecular weight excluding hydrogens is 412 g/mol. The first-order valence-electron chi connectivity index (χ1n) is 11.2. The zero-order chi connectivity index (χ0) is 22.8. The number of nitrogens with zero attached hydrogens (tertiary/aromatic N) is 1. The zero-order valence-corrected chi connectivity index (χ0v) is 18.5. The van der Waals surface area contributed by atoms with Crippen LogP contribution in [0.5, 0.6) is 0 Å². The van der Waals surface area contributed by atoms with Crippen LogP contribution in [-0.4, -0.2) is 30.9 Å². The van der Waals surface area contributed by atoms with Crippen LogP contribution in [-0.2, 0) is 11.3 Å². The molecular formula is C25H29F2N3O2. The van der Waals surface area contributed by atoms with Crippen molar-refractivity contribution in [2.24, 2.45) is 5.92 Å². The third-order valence-electron chi connectivity index (χ3n) is 6.56. The molecule has 5 nitrogen and oxygen atoms in total. The Labute approximate surface area is 187 Å². The van der Waals surface area contributed by atoms with Crippen LogP contribution in [0.25, 0.3) is 0 Å². The second-order valence-corrected chi connectivity index (χ2v) is 8.76. The zero-order valence-electron chi connectivity index (χ0n) is 18.5. The maximum absolute atomic E-state index is 14.3. The first-order valence-corrected chi connectivity index (χ1v) is 11.2. The standard InChI is InChI=1S/C25H29F2N3O2/c1-15-16(2)22(11-8-17(15)14-29-24(31)18-5-4-12-28-13-18)30(19-9-10-19)25(32)20-6-3-7-21(26)23(20)27/h3,6-8,11,18-19,28H,4-5,9-10,12-14H2,1-2H3,(H,29,31). The minimum absolute atomic E-state index is 0.00595. The first-order chi connectivity index (χ1) is 15.4. The largest absolute Gasteiger partial charge is 0.352 e.